The maximum Gasteiger partial charge on any atom is 0.346 e. The van der Waals surface area contributed by atoms with Gasteiger partial charge in [-0.2, -0.15) is 0 Å². The Kier molecular flexibility index (Phi) is 13.2. The summed E-state index contributed by atoms with van der Waals surface area (Å²) in [6, 6.07) is 7.13. The summed E-state index contributed by atoms with van der Waals surface area (Å²) in [5, 5.41) is 21.4. The van der Waals surface area contributed by atoms with Crippen LogP contribution < -0.4 is 4.74 Å². The summed E-state index contributed by atoms with van der Waals surface area (Å²) >= 11 is 0. The summed E-state index contributed by atoms with van der Waals surface area (Å²) in [5.41, 5.74) is -0.414. The average molecular weight is 448 g/mol. The van der Waals surface area contributed by atoms with Crippen molar-refractivity contribution in [3.8, 4) is 5.75 Å². The van der Waals surface area contributed by atoms with Crippen LogP contribution in [0.2, 0.25) is 0 Å². The van der Waals surface area contributed by atoms with Crippen LogP contribution in [0.4, 0.5) is 0 Å². The molecule has 0 aliphatic heterocycles. The van der Waals surface area contributed by atoms with Crippen LogP contribution in [0.1, 0.15) is 79.7 Å². The lowest BCUT2D eigenvalue weighted by Crippen LogP contribution is -2.51. The molecule has 182 valence electrons. The van der Waals surface area contributed by atoms with Crippen LogP contribution in [0.25, 0.3) is 0 Å². The van der Waals surface area contributed by atoms with Crippen molar-refractivity contribution in [3.63, 3.8) is 0 Å². The van der Waals surface area contributed by atoms with Gasteiger partial charge in [-0.1, -0.05) is 65.7 Å². The van der Waals surface area contributed by atoms with E-state index in [4.69, 9.17) is 4.74 Å². The van der Waals surface area contributed by atoms with Crippen molar-refractivity contribution in [3.05, 3.63) is 53.3 Å². The van der Waals surface area contributed by atoms with Gasteiger partial charge in [0.1, 0.15) is 11.5 Å². The first-order chi connectivity index (χ1) is 15.1. The Morgan fingerprint density at radius 1 is 1.16 bits per heavy atom. The van der Waals surface area contributed by atoms with Gasteiger partial charge in [0.05, 0.1) is 11.2 Å². The highest BCUT2D eigenvalue weighted by Gasteiger charge is 2.49. The minimum absolute atomic E-state index is 0.0938. The maximum absolute atomic E-state index is 12.4. The number of allylic oxidation sites excluding steroid dienone is 2. The van der Waals surface area contributed by atoms with Crippen LogP contribution in [-0.2, 0) is 10.4 Å². The van der Waals surface area contributed by atoms with Gasteiger partial charge in [0, 0.05) is 12.0 Å². The van der Waals surface area contributed by atoms with E-state index in [2.05, 4.69) is 11.8 Å². The molecule has 0 bridgehead atoms. The van der Waals surface area contributed by atoms with E-state index < -0.39 is 11.6 Å². The van der Waals surface area contributed by atoms with E-state index in [-0.39, 0.29) is 16.7 Å². The summed E-state index contributed by atoms with van der Waals surface area (Å²) in [5.74, 6) is -0.359. The van der Waals surface area contributed by atoms with Gasteiger partial charge in [-0.25, -0.2) is 4.79 Å². The van der Waals surface area contributed by atoms with Crippen LogP contribution in [0, 0.1) is 5.41 Å². The van der Waals surface area contributed by atoms with Gasteiger partial charge in [-0.05, 0) is 64.6 Å². The Balaban J connectivity index is 0.00000227. The summed E-state index contributed by atoms with van der Waals surface area (Å²) in [7, 11) is 4.04. The lowest BCUT2D eigenvalue weighted by Gasteiger charge is -2.50. The molecule has 2 atom stereocenters. The summed E-state index contributed by atoms with van der Waals surface area (Å²) < 4.78 is 5.49. The zero-order valence-electron chi connectivity index (χ0n) is 21.7. The van der Waals surface area contributed by atoms with Gasteiger partial charge >= 0.3 is 5.97 Å². The van der Waals surface area contributed by atoms with E-state index in [1.165, 1.54) is 13.0 Å². The number of rotatable bonds is 6. The molecule has 0 spiro atoms. The first-order valence-electron chi connectivity index (χ1n) is 11.9. The van der Waals surface area contributed by atoms with E-state index in [1.54, 1.807) is 31.2 Å². The van der Waals surface area contributed by atoms with Crippen molar-refractivity contribution in [2.24, 2.45) is 5.41 Å². The molecule has 5 nitrogen and oxygen atoms in total. The molecule has 2 unspecified atom stereocenters. The topological polar surface area (TPSA) is 70.0 Å². The van der Waals surface area contributed by atoms with Gasteiger partial charge in [-0.15, -0.1) is 0 Å². The molecular formula is C27H45NO4. The Morgan fingerprint density at radius 2 is 1.75 bits per heavy atom. The lowest BCUT2D eigenvalue weighted by atomic mass is 9.61. The van der Waals surface area contributed by atoms with Crippen molar-refractivity contribution < 1.29 is 19.7 Å². The minimum Gasteiger partial charge on any atom is -0.512 e. The first kappa shape index (κ1) is 29.9. The first-order valence-corrected chi connectivity index (χ1v) is 11.9. The van der Waals surface area contributed by atoms with Crippen molar-refractivity contribution in [2.45, 2.75) is 79.8 Å². The van der Waals surface area contributed by atoms with Crippen molar-refractivity contribution >= 4 is 5.97 Å². The fourth-order valence-electron chi connectivity index (χ4n) is 4.29. The summed E-state index contributed by atoms with van der Waals surface area (Å²) in [4.78, 5) is 14.5. The van der Waals surface area contributed by atoms with Crippen LogP contribution in [-0.4, -0.2) is 41.7 Å². The van der Waals surface area contributed by atoms with Gasteiger partial charge in [0.15, 0.2) is 0 Å². The molecule has 0 heterocycles. The SMILES string of the molecule is C/C=C\C(C(=O)Oc1cccc(C2(O)CCCCC2(C)CN(C)C)c1)=C(/C)O.CC.CC. The number of nitrogens with zero attached hydrogens (tertiary/aromatic N) is 1. The Bertz CT molecular complexity index is 765. The fourth-order valence-corrected chi connectivity index (χ4v) is 4.29. The number of benzene rings is 1. The highest BCUT2D eigenvalue weighted by atomic mass is 16.5. The monoisotopic (exact) mass is 447 g/mol. The molecule has 32 heavy (non-hydrogen) atoms. The van der Waals surface area contributed by atoms with E-state index in [9.17, 15) is 15.0 Å². The molecule has 0 radical (unpaired) electrons. The van der Waals surface area contributed by atoms with E-state index in [0.717, 1.165) is 31.4 Å². The molecule has 5 heteroatoms. The molecule has 1 aliphatic carbocycles. The lowest BCUT2D eigenvalue weighted by molar-refractivity contribution is -0.130. The third kappa shape index (κ3) is 7.49. The van der Waals surface area contributed by atoms with E-state index >= 15 is 0 Å². The molecular weight excluding hydrogens is 402 g/mol. The van der Waals surface area contributed by atoms with Crippen molar-refractivity contribution in [1.29, 1.82) is 0 Å². The van der Waals surface area contributed by atoms with Crippen LogP contribution in [0.5, 0.6) is 5.75 Å². The second-order valence-corrected chi connectivity index (χ2v) is 8.28. The van der Waals surface area contributed by atoms with Crippen LogP contribution >= 0.6 is 0 Å². The number of aliphatic hydroxyl groups excluding tert-OH is 1. The van der Waals surface area contributed by atoms with Crippen LogP contribution in [0.15, 0.2) is 47.7 Å². The molecule has 0 saturated heterocycles. The number of hydrogen-bond acceptors (Lipinski definition) is 5. The van der Waals surface area contributed by atoms with Gasteiger partial charge in [-0.3, -0.25) is 0 Å². The largest absolute Gasteiger partial charge is 0.512 e. The minimum atomic E-state index is -0.993. The standard InChI is InChI=1S/C23H33NO4.2C2H6/c1-6-10-20(17(2)25)21(26)28-19-12-9-11-18(15-19)23(27)14-8-7-13-22(23,3)16-24(4)5;2*1-2/h6,9-12,15,25,27H,7-8,13-14,16H2,1-5H3;2*1-2H3/b10-6-,20-17-;;. The number of carbonyl (C=O) groups is 1. The third-order valence-electron chi connectivity index (χ3n) is 5.65. The highest BCUT2D eigenvalue weighted by molar-refractivity contribution is 5.93. The molecule has 2 N–H and O–H groups in total. The fraction of sp³-hybridized carbons (Fsp3) is 0.593. The van der Waals surface area contributed by atoms with Crippen molar-refractivity contribution in [1.82, 2.24) is 4.90 Å². The molecule has 1 aromatic carbocycles. The molecule has 2 rings (SSSR count). The van der Waals surface area contributed by atoms with E-state index in [0.29, 0.717) is 12.2 Å². The normalized spacial score (nSPS) is 23.5. The molecule has 1 saturated carbocycles. The number of aliphatic hydroxyl groups is 2. The quantitative estimate of drug-likeness (QED) is 0.174. The summed E-state index contributed by atoms with van der Waals surface area (Å²) in [6.45, 7) is 14.1. The molecule has 0 amide bonds. The van der Waals surface area contributed by atoms with E-state index in [1.807, 2.05) is 47.9 Å². The average Bonchev–Trinajstić information content (AvgIpc) is 2.76. The zero-order valence-corrected chi connectivity index (χ0v) is 21.7. The van der Waals surface area contributed by atoms with Crippen molar-refractivity contribution in [2.75, 3.05) is 20.6 Å². The second-order valence-electron chi connectivity index (χ2n) is 8.28. The second kappa shape index (κ2) is 14.1. The predicted molar refractivity (Wildman–Crippen MR) is 134 cm³/mol. The maximum atomic E-state index is 12.4. The highest BCUT2D eigenvalue weighted by Crippen LogP contribution is 2.51. The van der Waals surface area contributed by atoms with Gasteiger partial charge in [0.2, 0.25) is 0 Å². The third-order valence-corrected chi connectivity index (χ3v) is 5.65. The summed E-state index contributed by atoms with van der Waals surface area (Å²) in [6.07, 6.45) is 6.85. The number of hydrogen-bond donors (Lipinski definition) is 2. The Labute approximate surface area is 195 Å². The number of esters is 1. The predicted octanol–water partition coefficient (Wildman–Crippen LogP) is 6.38. The molecule has 1 fully saturated rings. The van der Waals surface area contributed by atoms with Gasteiger partial charge in [0.25, 0.3) is 0 Å². The molecule has 1 aromatic rings. The van der Waals surface area contributed by atoms with Crippen LogP contribution in [0.3, 0.4) is 0 Å². The Morgan fingerprint density at radius 3 is 2.28 bits per heavy atom. The molecule has 0 aromatic heterocycles. The smallest absolute Gasteiger partial charge is 0.346 e. The van der Waals surface area contributed by atoms with Gasteiger partial charge < -0.3 is 19.8 Å². The zero-order chi connectivity index (χ0) is 24.9. The number of carbonyl (C=O) groups excluding carboxylic acids is 1. The molecule has 1 aliphatic rings. The number of ether oxygens (including phenoxy) is 1. The Hall–Kier alpha value is -2.11.